The number of halogens is 1. The average molecular weight is 396 g/mol. The first-order valence-electron chi connectivity index (χ1n) is 8.65. The van der Waals surface area contributed by atoms with E-state index in [1.54, 1.807) is 18.0 Å². The zero-order valence-corrected chi connectivity index (χ0v) is 16.4. The summed E-state index contributed by atoms with van der Waals surface area (Å²) >= 11 is 7.67. The highest BCUT2D eigenvalue weighted by molar-refractivity contribution is 7.98. The van der Waals surface area contributed by atoms with Gasteiger partial charge in [-0.1, -0.05) is 35.5 Å². The maximum Gasteiger partial charge on any atom is 0.191 e. The van der Waals surface area contributed by atoms with Gasteiger partial charge in [-0.25, -0.2) is 4.68 Å². The third-order valence-electron chi connectivity index (χ3n) is 4.21. The van der Waals surface area contributed by atoms with Gasteiger partial charge in [0.15, 0.2) is 11.0 Å². The second kappa shape index (κ2) is 7.98. The fourth-order valence-electron chi connectivity index (χ4n) is 2.81. The van der Waals surface area contributed by atoms with Crippen molar-refractivity contribution in [3.8, 4) is 17.1 Å². The van der Waals surface area contributed by atoms with Crippen LogP contribution in [-0.2, 0) is 12.3 Å². The van der Waals surface area contributed by atoms with Gasteiger partial charge in [0.05, 0.1) is 5.69 Å². The molecule has 4 rings (SSSR count). The first kappa shape index (κ1) is 17.8. The van der Waals surface area contributed by atoms with Gasteiger partial charge < -0.3 is 4.57 Å². The monoisotopic (exact) mass is 395 g/mol. The second-order valence-electron chi connectivity index (χ2n) is 5.96. The number of thioether (sulfide) groups is 1. The van der Waals surface area contributed by atoms with E-state index in [0.29, 0.717) is 0 Å². The van der Waals surface area contributed by atoms with Gasteiger partial charge in [0.2, 0.25) is 0 Å². The number of hydrogen-bond acceptors (Lipinski definition) is 4. The van der Waals surface area contributed by atoms with E-state index in [9.17, 15) is 0 Å². The molecule has 0 aliphatic carbocycles. The van der Waals surface area contributed by atoms with E-state index in [4.69, 9.17) is 11.6 Å². The number of rotatable bonds is 6. The van der Waals surface area contributed by atoms with Crippen molar-refractivity contribution in [2.45, 2.75) is 24.4 Å². The van der Waals surface area contributed by atoms with Crippen LogP contribution in [0.4, 0.5) is 0 Å². The molecule has 0 radical (unpaired) electrons. The summed E-state index contributed by atoms with van der Waals surface area (Å²) in [7, 11) is 0. The minimum absolute atomic E-state index is 0.717. The summed E-state index contributed by atoms with van der Waals surface area (Å²) in [5.41, 5.74) is 3.30. The maximum atomic E-state index is 5.99. The van der Waals surface area contributed by atoms with Crippen LogP contribution in [0.25, 0.3) is 17.1 Å². The minimum atomic E-state index is 0.717. The van der Waals surface area contributed by atoms with Crippen LogP contribution in [0.3, 0.4) is 0 Å². The van der Waals surface area contributed by atoms with Crippen molar-refractivity contribution >= 4 is 23.4 Å². The molecule has 5 nitrogen and oxygen atoms in total. The Morgan fingerprint density at radius 1 is 1.00 bits per heavy atom. The molecule has 0 atom stereocenters. The lowest BCUT2D eigenvalue weighted by Gasteiger charge is -2.08. The Morgan fingerprint density at radius 3 is 2.44 bits per heavy atom. The molecule has 0 bridgehead atoms. The largest absolute Gasteiger partial charge is 0.302 e. The van der Waals surface area contributed by atoms with Crippen molar-refractivity contribution in [2.75, 3.05) is 0 Å². The van der Waals surface area contributed by atoms with Crippen LogP contribution in [0.2, 0.25) is 5.02 Å². The summed E-state index contributed by atoms with van der Waals surface area (Å²) in [4.78, 5) is 0. The molecule has 0 fully saturated rings. The molecule has 0 N–H and O–H groups in total. The van der Waals surface area contributed by atoms with Gasteiger partial charge in [0.25, 0.3) is 0 Å². The molecule has 7 heteroatoms. The number of benzene rings is 2. The third kappa shape index (κ3) is 3.91. The van der Waals surface area contributed by atoms with E-state index in [2.05, 4.69) is 51.1 Å². The van der Waals surface area contributed by atoms with Crippen molar-refractivity contribution in [3.05, 3.63) is 77.6 Å². The lowest BCUT2D eigenvalue weighted by molar-refractivity contribution is 0.687. The molecule has 0 aliphatic heterocycles. The zero-order valence-electron chi connectivity index (χ0n) is 14.8. The van der Waals surface area contributed by atoms with Crippen LogP contribution < -0.4 is 0 Å². The molecule has 0 saturated carbocycles. The SMILES string of the molecule is CCn1c(SCc2ccc(-n3cccn3)cc2)nnc1-c1ccc(Cl)cc1. The molecule has 136 valence electrons. The Labute approximate surface area is 167 Å². The van der Waals surface area contributed by atoms with Gasteiger partial charge >= 0.3 is 0 Å². The van der Waals surface area contributed by atoms with Gasteiger partial charge in [-0.15, -0.1) is 10.2 Å². The smallest absolute Gasteiger partial charge is 0.191 e. The van der Waals surface area contributed by atoms with E-state index >= 15 is 0 Å². The molecule has 2 aromatic carbocycles. The molecule has 0 aliphatic rings. The molecule has 2 heterocycles. The first-order chi connectivity index (χ1) is 13.2. The van der Waals surface area contributed by atoms with E-state index in [0.717, 1.165) is 39.6 Å². The number of hydrogen-bond donors (Lipinski definition) is 0. The predicted molar refractivity (Wildman–Crippen MR) is 109 cm³/mol. The topological polar surface area (TPSA) is 48.5 Å². The zero-order chi connectivity index (χ0) is 18.6. The molecule has 4 aromatic rings. The van der Waals surface area contributed by atoms with Gasteiger partial charge in [-0.3, -0.25) is 0 Å². The molecule has 0 unspecified atom stereocenters. The summed E-state index contributed by atoms with van der Waals surface area (Å²) < 4.78 is 3.98. The normalized spacial score (nSPS) is 11.0. The van der Waals surface area contributed by atoms with Crippen molar-refractivity contribution in [2.24, 2.45) is 0 Å². The van der Waals surface area contributed by atoms with Gasteiger partial charge in [0, 0.05) is 35.3 Å². The Balaban J connectivity index is 1.49. The molecule has 27 heavy (non-hydrogen) atoms. The third-order valence-corrected chi connectivity index (χ3v) is 5.50. The molecule has 0 amide bonds. The first-order valence-corrected chi connectivity index (χ1v) is 10.0. The minimum Gasteiger partial charge on any atom is -0.302 e. The maximum absolute atomic E-state index is 5.99. The van der Waals surface area contributed by atoms with Crippen molar-refractivity contribution in [1.82, 2.24) is 24.5 Å². The van der Waals surface area contributed by atoms with E-state index in [1.165, 1.54) is 5.56 Å². The highest BCUT2D eigenvalue weighted by atomic mass is 35.5. The summed E-state index contributed by atoms with van der Waals surface area (Å²) in [6, 6.07) is 18.0. The van der Waals surface area contributed by atoms with Gasteiger partial charge in [-0.2, -0.15) is 5.10 Å². The Morgan fingerprint density at radius 2 is 1.78 bits per heavy atom. The fraction of sp³-hybridized carbons (Fsp3) is 0.150. The second-order valence-corrected chi connectivity index (χ2v) is 7.34. The lowest BCUT2D eigenvalue weighted by atomic mass is 10.2. The Hall–Kier alpha value is -2.57. The molecule has 0 spiro atoms. The molecule has 2 aromatic heterocycles. The van der Waals surface area contributed by atoms with Crippen molar-refractivity contribution in [1.29, 1.82) is 0 Å². The van der Waals surface area contributed by atoms with Crippen LogP contribution in [0.15, 0.2) is 72.1 Å². The lowest BCUT2D eigenvalue weighted by Crippen LogP contribution is -2.00. The molecular weight excluding hydrogens is 378 g/mol. The van der Waals surface area contributed by atoms with E-state index < -0.39 is 0 Å². The average Bonchev–Trinajstić information content (AvgIpc) is 3.37. The Bertz CT molecular complexity index is 1010. The quantitative estimate of drug-likeness (QED) is 0.426. The van der Waals surface area contributed by atoms with Crippen LogP contribution in [0, 0.1) is 0 Å². The van der Waals surface area contributed by atoms with E-state index in [-0.39, 0.29) is 0 Å². The highest BCUT2D eigenvalue weighted by Gasteiger charge is 2.13. The van der Waals surface area contributed by atoms with Gasteiger partial charge in [0.1, 0.15) is 0 Å². The standard InChI is InChI=1S/C20H18ClN5S/c1-2-25-19(16-6-8-17(21)9-7-16)23-24-20(25)27-14-15-4-10-18(11-5-15)26-13-3-12-22-26/h3-13H,2,14H2,1H3. The van der Waals surface area contributed by atoms with Crippen molar-refractivity contribution in [3.63, 3.8) is 0 Å². The fourth-order valence-corrected chi connectivity index (χ4v) is 3.89. The Kier molecular flexibility index (Phi) is 5.27. The van der Waals surface area contributed by atoms with Crippen LogP contribution in [0.5, 0.6) is 0 Å². The van der Waals surface area contributed by atoms with Crippen LogP contribution in [0.1, 0.15) is 12.5 Å². The van der Waals surface area contributed by atoms with E-state index in [1.807, 2.05) is 41.2 Å². The summed E-state index contributed by atoms with van der Waals surface area (Å²) in [6.07, 6.45) is 3.71. The summed E-state index contributed by atoms with van der Waals surface area (Å²) in [5.74, 6) is 1.70. The predicted octanol–water partition coefficient (Wildman–Crippen LogP) is 5.10. The molecule has 0 saturated heterocycles. The molecular formula is C20H18ClN5S. The summed E-state index contributed by atoms with van der Waals surface area (Å²) in [5, 5.41) is 14.7. The number of nitrogens with zero attached hydrogens (tertiary/aromatic N) is 5. The van der Waals surface area contributed by atoms with Crippen molar-refractivity contribution < 1.29 is 0 Å². The van der Waals surface area contributed by atoms with Crippen LogP contribution >= 0.6 is 23.4 Å². The highest BCUT2D eigenvalue weighted by Crippen LogP contribution is 2.27. The van der Waals surface area contributed by atoms with Gasteiger partial charge in [-0.05, 0) is 55.0 Å². The number of aromatic nitrogens is 5. The summed E-state index contributed by atoms with van der Waals surface area (Å²) in [6.45, 7) is 2.91. The van der Waals surface area contributed by atoms with Crippen LogP contribution in [-0.4, -0.2) is 24.5 Å².